The number of hydrogen-bond acceptors (Lipinski definition) is 3. The third-order valence-corrected chi connectivity index (χ3v) is 5.53. The van der Waals surface area contributed by atoms with Crippen LogP contribution in [0.4, 0.5) is 4.39 Å². The van der Waals surface area contributed by atoms with Crippen LogP contribution in [0.1, 0.15) is 35.6 Å². The van der Waals surface area contributed by atoms with Crippen LogP contribution in [-0.4, -0.2) is 50.8 Å². The second-order valence-corrected chi connectivity index (χ2v) is 8.11. The van der Waals surface area contributed by atoms with Crippen molar-refractivity contribution in [3.05, 3.63) is 65.2 Å². The predicted octanol–water partition coefficient (Wildman–Crippen LogP) is 3.75. The molecule has 3 aromatic rings. The second-order valence-electron chi connectivity index (χ2n) is 8.11. The molecule has 1 saturated heterocycles. The van der Waals surface area contributed by atoms with Gasteiger partial charge in [-0.1, -0.05) is 18.2 Å². The van der Waals surface area contributed by atoms with Crippen LogP contribution in [0.5, 0.6) is 0 Å². The van der Waals surface area contributed by atoms with E-state index in [4.69, 9.17) is 0 Å². The Balaban J connectivity index is 1.50. The van der Waals surface area contributed by atoms with Crippen LogP contribution >= 0.6 is 0 Å². The van der Waals surface area contributed by atoms with E-state index in [0.29, 0.717) is 37.3 Å². The summed E-state index contributed by atoms with van der Waals surface area (Å²) in [7, 11) is 0. The Morgan fingerprint density at radius 3 is 2.75 bits per heavy atom. The summed E-state index contributed by atoms with van der Waals surface area (Å²) in [4.78, 5) is 24.8. The summed E-state index contributed by atoms with van der Waals surface area (Å²) in [5.74, 6) is 0.676. The van der Waals surface area contributed by atoms with Gasteiger partial charge in [0.15, 0.2) is 0 Å². The molecule has 5 nitrogen and oxygen atoms in total. The summed E-state index contributed by atoms with van der Waals surface area (Å²) in [6, 6.07) is 12.5. The summed E-state index contributed by atoms with van der Waals surface area (Å²) in [5.41, 5.74) is 2.85. The molecular weight excluding hydrogens is 355 g/mol. The summed E-state index contributed by atoms with van der Waals surface area (Å²) in [6.07, 6.45) is 0. The monoisotopic (exact) mass is 380 g/mol. The number of aryl methyl sites for hydroxylation is 1. The molecule has 6 heteroatoms. The Bertz CT molecular complexity index is 1030. The van der Waals surface area contributed by atoms with E-state index in [9.17, 15) is 9.18 Å². The van der Waals surface area contributed by atoms with E-state index in [1.54, 1.807) is 6.07 Å². The van der Waals surface area contributed by atoms with E-state index in [2.05, 4.69) is 28.7 Å². The van der Waals surface area contributed by atoms with Gasteiger partial charge in [0, 0.05) is 42.8 Å². The maximum Gasteiger partial charge on any atom is 0.254 e. The van der Waals surface area contributed by atoms with Crippen molar-refractivity contribution in [2.75, 3.05) is 19.6 Å². The molecule has 1 aliphatic rings. The lowest BCUT2D eigenvalue weighted by Crippen LogP contribution is -2.60. The van der Waals surface area contributed by atoms with Crippen LogP contribution in [-0.2, 0) is 6.54 Å². The Labute approximate surface area is 164 Å². The Morgan fingerprint density at radius 1 is 1.21 bits per heavy atom. The SMILES string of the molecule is Cc1nc2ccc(C(=O)N3CCN(Cc4ccccc4F)C(C)(C)C3)cc2[nH]1. The van der Waals surface area contributed by atoms with Crippen molar-refractivity contribution >= 4 is 16.9 Å². The average Bonchev–Trinajstić information content (AvgIpc) is 3.03. The van der Waals surface area contributed by atoms with Crippen LogP contribution in [0.2, 0.25) is 0 Å². The molecule has 2 aromatic carbocycles. The first-order valence-electron chi connectivity index (χ1n) is 9.57. The fraction of sp³-hybridized carbons (Fsp3) is 0.364. The number of halogens is 1. The van der Waals surface area contributed by atoms with Crippen LogP contribution < -0.4 is 0 Å². The van der Waals surface area contributed by atoms with Gasteiger partial charge in [-0.05, 0) is 45.0 Å². The molecule has 0 aliphatic carbocycles. The van der Waals surface area contributed by atoms with Gasteiger partial charge in [-0.2, -0.15) is 0 Å². The molecule has 1 aliphatic heterocycles. The highest BCUT2D eigenvalue weighted by Gasteiger charge is 2.36. The van der Waals surface area contributed by atoms with Gasteiger partial charge >= 0.3 is 0 Å². The minimum absolute atomic E-state index is 0.0211. The van der Waals surface area contributed by atoms with E-state index in [-0.39, 0.29) is 17.3 Å². The smallest absolute Gasteiger partial charge is 0.254 e. The minimum Gasteiger partial charge on any atom is -0.342 e. The van der Waals surface area contributed by atoms with Gasteiger partial charge in [0.1, 0.15) is 11.6 Å². The summed E-state index contributed by atoms with van der Waals surface area (Å²) < 4.78 is 14.1. The number of H-pyrrole nitrogens is 1. The van der Waals surface area contributed by atoms with Crippen LogP contribution in [0, 0.1) is 12.7 Å². The highest BCUT2D eigenvalue weighted by atomic mass is 19.1. The molecule has 2 heterocycles. The standard InChI is InChI=1S/C22H25FN4O/c1-15-24-19-9-8-16(12-20(19)25-15)21(28)26-10-11-27(22(2,3)14-26)13-17-6-4-5-7-18(17)23/h4-9,12H,10-11,13-14H2,1-3H3,(H,24,25). The van der Waals surface area contributed by atoms with Crippen molar-refractivity contribution in [2.45, 2.75) is 32.9 Å². The van der Waals surface area contributed by atoms with Crippen LogP contribution in [0.15, 0.2) is 42.5 Å². The zero-order chi connectivity index (χ0) is 19.9. The lowest BCUT2D eigenvalue weighted by Gasteiger charge is -2.47. The average molecular weight is 380 g/mol. The first-order chi connectivity index (χ1) is 13.3. The number of carbonyl (C=O) groups is 1. The fourth-order valence-corrected chi connectivity index (χ4v) is 3.94. The molecule has 0 spiro atoms. The van der Waals surface area contributed by atoms with Crippen molar-refractivity contribution < 1.29 is 9.18 Å². The van der Waals surface area contributed by atoms with Crippen molar-refractivity contribution in [1.29, 1.82) is 0 Å². The fourth-order valence-electron chi connectivity index (χ4n) is 3.94. The molecule has 0 unspecified atom stereocenters. The normalized spacial score (nSPS) is 17.2. The first kappa shape index (κ1) is 18.6. The lowest BCUT2D eigenvalue weighted by molar-refractivity contribution is 0.0134. The van der Waals surface area contributed by atoms with E-state index < -0.39 is 0 Å². The Hall–Kier alpha value is -2.73. The number of amides is 1. The zero-order valence-electron chi connectivity index (χ0n) is 16.5. The van der Waals surface area contributed by atoms with Gasteiger partial charge in [-0.3, -0.25) is 9.69 Å². The maximum absolute atomic E-state index is 14.1. The van der Waals surface area contributed by atoms with Gasteiger partial charge in [0.2, 0.25) is 0 Å². The van der Waals surface area contributed by atoms with Gasteiger partial charge in [0.05, 0.1) is 11.0 Å². The second kappa shape index (κ2) is 7.02. The number of aromatic nitrogens is 2. The molecule has 0 bridgehead atoms. The summed E-state index contributed by atoms with van der Waals surface area (Å²) >= 11 is 0. The molecular formula is C22H25FN4O. The largest absolute Gasteiger partial charge is 0.342 e. The molecule has 1 N–H and O–H groups in total. The highest BCUT2D eigenvalue weighted by molar-refractivity contribution is 5.97. The number of carbonyl (C=O) groups excluding carboxylic acids is 1. The maximum atomic E-state index is 14.1. The third kappa shape index (κ3) is 3.52. The number of fused-ring (bicyclic) bond motifs is 1. The molecule has 1 aromatic heterocycles. The third-order valence-electron chi connectivity index (χ3n) is 5.53. The number of piperazine rings is 1. The van der Waals surface area contributed by atoms with Gasteiger partial charge in [-0.25, -0.2) is 9.37 Å². The van der Waals surface area contributed by atoms with Crippen molar-refractivity contribution in [3.63, 3.8) is 0 Å². The minimum atomic E-state index is -0.245. The van der Waals surface area contributed by atoms with Gasteiger partial charge in [0.25, 0.3) is 5.91 Å². The topological polar surface area (TPSA) is 52.2 Å². The lowest BCUT2D eigenvalue weighted by atomic mass is 9.97. The predicted molar refractivity (Wildman–Crippen MR) is 108 cm³/mol. The molecule has 146 valence electrons. The first-order valence-corrected chi connectivity index (χ1v) is 9.57. The Morgan fingerprint density at radius 2 is 2.00 bits per heavy atom. The number of nitrogens with one attached hydrogen (secondary N) is 1. The van der Waals surface area contributed by atoms with Gasteiger partial charge < -0.3 is 9.88 Å². The van der Waals surface area contributed by atoms with Crippen molar-refractivity contribution in [3.8, 4) is 0 Å². The summed E-state index contributed by atoms with van der Waals surface area (Å²) in [6.45, 7) is 8.58. The van der Waals surface area contributed by atoms with Crippen molar-refractivity contribution in [2.24, 2.45) is 0 Å². The molecule has 1 fully saturated rings. The number of nitrogens with zero attached hydrogens (tertiary/aromatic N) is 3. The molecule has 0 saturated carbocycles. The molecule has 0 atom stereocenters. The Kier molecular flexibility index (Phi) is 4.67. The highest BCUT2D eigenvalue weighted by Crippen LogP contribution is 2.25. The zero-order valence-corrected chi connectivity index (χ0v) is 16.5. The number of rotatable bonds is 3. The number of aromatic amines is 1. The van der Waals surface area contributed by atoms with Crippen LogP contribution in [0.3, 0.4) is 0 Å². The van der Waals surface area contributed by atoms with E-state index >= 15 is 0 Å². The molecule has 4 rings (SSSR count). The van der Waals surface area contributed by atoms with Crippen molar-refractivity contribution in [1.82, 2.24) is 19.8 Å². The molecule has 0 radical (unpaired) electrons. The van der Waals surface area contributed by atoms with E-state index in [1.807, 2.05) is 42.2 Å². The van der Waals surface area contributed by atoms with E-state index in [1.165, 1.54) is 6.07 Å². The number of benzene rings is 2. The summed E-state index contributed by atoms with van der Waals surface area (Å²) in [5, 5.41) is 0. The number of hydrogen-bond donors (Lipinski definition) is 1. The number of imidazole rings is 1. The van der Waals surface area contributed by atoms with Gasteiger partial charge in [-0.15, -0.1) is 0 Å². The van der Waals surface area contributed by atoms with Crippen LogP contribution in [0.25, 0.3) is 11.0 Å². The molecule has 28 heavy (non-hydrogen) atoms. The van der Waals surface area contributed by atoms with E-state index in [0.717, 1.165) is 16.9 Å². The molecule has 1 amide bonds. The quantitative estimate of drug-likeness (QED) is 0.753.